The first kappa shape index (κ1) is 10.7. The second-order valence-corrected chi connectivity index (χ2v) is 3.30. The van der Waals surface area contributed by atoms with Crippen molar-refractivity contribution < 1.29 is 14.3 Å². The molecule has 0 radical (unpaired) electrons. The highest BCUT2D eigenvalue weighted by molar-refractivity contribution is 5.76. The Hall–Kier alpha value is -1.38. The molecule has 2 atom stereocenters. The van der Waals surface area contributed by atoms with Crippen LogP contribution in [0, 0.1) is 0 Å². The van der Waals surface area contributed by atoms with Gasteiger partial charge in [0, 0.05) is 0 Å². The van der Waals surface area contributed by atoms with Crippen LogP contribution in [0.5, 0.6) is 0 Å². The first-order valence-corrected chi connectivity index (χ1v) is 4.49. The lowest BCUT2D eigenvalue weighted by atomic mass is 9.94. The Morgan fingerprint density at radius 2 is 1.79 bits per heavy atom. The molecular weight excluding hydrogens is 183 g/mol. The molecule has 76 valence electrons. The fraction of sp³-hybridized carbons (Fsp3) is 0.364. The van der Waals surface area contributed by atoms with Crippen molar-refractivity contribution in [3.63, 3.8) is 0 Å². The van der Waals surface area contributed by atoms with E-state index >= 15 is 0 Å². The molecule has 0 aliphatic carbocycles. The number of carbonyl (C=O) groups is 1. The van der Waals surface area contributed by atoms with Crippen molar-refractivity contribution in [3.05, 3.63) is 35.4 Å². The van der Waals surface area contributed by atoms with Crippen molar-refractivity contribution >= 4 is 5.97 Å². The highest BCUT2D eigenvalue weighted by Gasteiger charge is 2.19. The summed E-state index contributed by atoms with van der Waals surface area (Å²) < 4.78 is 13.1. The van der Waals surface area contributed by atoms with Crippen molar-refractivity contribution in [1.82, 2.24) is 0 Å². The third-order valence-electron chi connectivity index (χ3n) is 2.26. The molecule has 0 saturated carbocycles. The summed E-state index contributed by atoms with van der Waals surface area (Å²) in [5.41, 5.74) is 1.01. The molecule has 0 bridgehead atoms. The predicted octanol–water partition coefficient (Wildman–Crippen LogP) is 2.91. The summed E-state index contributed by atoms with van der Waals surface area (Å²) in [6.45, 7) is 2.97. The highest BCUT2D eigenvalue weighted by atomic mass is 19.1. The van der Waals surface area contributed by atoms with Gasteiger partial charge in [0.1, 0.15) is 6.17 Å². The van der Waals surface area contributed by atoms with E-state index in [0.29, 0.717) is 11.1 Å². The van der Waals surface area contributed by atoms with Crippen LogP contribution in [0.4, 0.5) is 4.39 Å². The number of aliphatic carboxylic acids is 1. The quantitative estimate of drug-likeness (QED) is 0.807. The highest BCUT2D eigenvalue weighted by Crippen LogP contribution is 2.26. The van der Waals surface area contributed by atoms with Crippen LogP contribution >= 0.6 is 0 Å². The van der Waals surface area contributed by atoms with Crippen LogP contribution in [0.2, 0.25) is 0 Å². The minimum Gasteiger partial charge on any atom is -0.481 e. The van der Waals surface area contributed by atoms with Gasteiger partial charge in [-0.1, -0.05) is 24.3 Å². The van der Waals surface area contributed by atoms with Gasteiger partial charge in [-0.3, -0.25) is 4.79 Å². The van der Waals surface area contributed by atoms with E-state index in [0.717, 1.165) is 0 Å². The van der Waals surface area contributed by atoms with Crippen molar-refractivity contribution in [2.75, 3.05) is 0 Å². The minimum atomic E-state index is -1.13. The smallest absolute Gasteiger partial charge is 0.310 e. The fourth-order valence-corrected chi connectivity index (χ4v) is 1.40. The summed E-state index contributed by atoms with van der Waals surface area (Å²) in [5, 5.41) is 8.82. The molecule has 0 amide bonds. The van der Waals surface area contributed by atoms with E-state index in [4.69, 9.17) is 5.11 Å². The molecule has 2 nitrogen and oxygen atoms in total. The molecule has 1 rings (SSSR count). The number of halogens is 1. The summed E-state index contributed by atoms with van der Waals surface area (Å²) in [5.74, 6) is -1.59. The number of benzene rings is 1. The zero-order chi connectivity index (χ0) is 10.7. The Morgan fingerprint density at radius 3 is 2.21 bits per heavy atom. The second-order valence-electron chi connectivity index (χ2n) is 3.30. The Morgan fingerprint density at radius 1 is 1.29 bits per heavy atom. The molecular formula is C11H13FO2. The van der Waals surface area contributed by atoms with Crippen LogP contribution in [0.3, 0.4) is 0 Å². The summed E-state index contributed by atoms with van der Waals surface area (Å²) in [6.07, 6.45) is -1.13. The van der Waals surface area contributed by atoms with E-state index in [1.807, 2.05) is 0 Å². The maximum absolute atomic E-state index is 13.1. The molecule has 3 heteroatoms. The van der Waals surface area contributed by atoms with Gasteiger partial charge in [0.05, 0.1) is 5.92 Å². The number of rotatable bonds is 3. The molecule has 0 spiro atoms. The average molecular weight is 196 g/mol. The molecule has 0 heterocycles. The third kappa shape index (κ3) is 2.10. The van der Waals surface area contributed by atoms with Gasteiger partial charge in [0.25, 0.3) is 0 Å². The maximum Gasteiger partial charge on any atom is 0.310 e. The van der Waals surface area contributed by atoms with Crippen LogP contribution in [-0.4, -0.2) is 11.1 Å². The topological polar surface area (TPSA) is 37.3 Å². The van der Waals surface area contributed by atoms with Crippen molar-refractivity contribution in [3.8, 4) is 0 Å². The van der Waals surface area contributed by atoms with E-state index in [1.165, 1.54) is 6.92 Å². The Bertz CT molecular complexity index is 334. The normalized spacial score (nSPS) is 14.8. The summed E-state index contributed by atoms with van der Waals surface area (Å²) >= 11 is 0. The van der Waals surface area contributed by atoms with E-state index in [2.05, 4.69) is 0 Å². The predicted molar refractivity (Wildman–Crippen MR) is 52.0 cm³/mol. The van der Waals surface area contributed by atoms with Crippen molar-refractivity contribution in [2.45, 2.75) is 25.9 Å². The second kappa shape index (κ2) is 4.22. The van der Waals surface area contributed by atoms with E-state index < -0.39 is 18.1 Å². The van der Waals surface area contributed by atoms with Gasteiger partial charge in [0.15, 0.2) is 0 Å². The molecule has 0 saturated heterocycles. The number of hydrogen-bond acceptors (Lipinski definition) is 1. The molecule has 0 fully saturated rings. The van der Waals surface area contributed by atoms with Crippen LogP contribution in [0.15, 0.2) is 24.3 Å². The van der Waals surface area contributed by atoms with Crippen LogP contribution < -0.4 is 0 Å². The van der Waals surface area contributed by atoms with Gasteiger partial charge in [0.2, 0.25) is 0 Å². The summed E-state index contributed by atoms with van der Waals surface area (Å²) in [6, 6.07) is 6.72. The third-order valence-corrected chi connectivity index (χ3v) is 2.26. The lowest BCUT2D eigenvalue weighted by molar-refractivity contribution is -0.138. The lowest BCUT2D eigenvalue weighted by Crippen LogP contribution is -2.10. The maximum atomic E-state index is 13.1. The van der Waals surface area contributed by atoms with E-state index in [1.54, 1.807) is 31.2 Å². The number of carboxylic acid groups (broad SMARTS) is 1. The zero-order valence-electron chi connectivity index (χ0n) is 8.20. The van der Waals surface area contributed by atoms with E-state index in [9.17, 15) is 9.18 Å². The minimum absolute atomic E-state index is 0.461. The van der Waals surface area contributed by atoms with Crippen molar-refractivity contribution in [2.24, 2.45) is 0 Å². The summed E-state index contributed by atoms with van der Waals surface area (Å²) in [4.78, 5) is 10.8. The van der Waals surface area contributed by atoms with Gasteiger partial charge >= 0.3 is 5.97 Å². The zero-order valence-corrected chi connectivity index (χ0v) is 8.20. The molecule has 0 aliphatic heterocycles. The average Bonchev–Trinajstić information content (AvgIpc) is 2.16. The molecule has 1 aromatic carbocycles. The van der Waals surface area contributed by atoms with Gasteiger partial charge in [-0.25, -0.2) is 4.39 Å². The largest absolute Gasteiger partial charge is 0.481 e. The molecule has 0 aromatic heterocycles. The molecule has 1 aromatic rings. The molecule has 2 unspecified atom stereocenters. The Kier molecular flexibility index (Phi) is 3.23. The molecule has 1 N–H and O–H groups in total. The van der Waals surface area contributed by atoms with Gasteiger partial charge in [-0.2, -0.15) is 0 Å². The first-order valence-electron chi connectivity index (χ1n) is 4.49. The van der Waals surface area contributed by atoms with Gasteiger partial charge < -0.3 is 5.11 Å². The molecule has 0 aliphatic rings. The standard InChI is InChI=1S/C11H13FO2/c1-7(11(13)14)9-5-3-4-6-10(9)8(2)12/h3-8H,1-2H3,(H,13,14). The number of alkyl halides is 1. The fourth-order valence-electron chi connectivity index (χ4n) is 1.40. The van der Waals surface area contributed by atoms with Crippen LogP contribution in [0.1, 0.15) is 37.1 Å². The Balaban J connectivity index is 3.13. The number of carboxylic acids is 1. The van der Waals surface area contributed by atoms with Crippen LogP contribution in [-0.2, 0) is 4.79 Å². The number of hydrogen-bond donors (Lipinski definition) is 1. The lowest BCUT2D eigenvalue weighted by Gasteiger charge is -2.13. The summed E-state index contributed by atoms with van der Waals surface area (Å²) in [7, 11) is 0. The Labute approximate surface area is 82.4 Å². The van der Waals surface area contributed by atoms with Gasteiger partial charge in [-0.15, -0.1) is 0 Å². The first-order chi connectivity index (χ1) is 6.54. The van der Waals surface area contributed by atoms with Crippen LogP contribution in [0.25, 0.3) is 0 Å². The monoisotopic (exact) mass is 196 g/mol. The van der Waals surface area contributed by atoms with E-state index in [-0.39, 0.29) is 0 Å². The SMILES string of the molecule is CC(F)c1ccccc1C(C)C(=O)O. The molecule has 14 heavy (non-hydrogen) atoms. The van der Waals surface area contributed by atoms with Gasteiger partial charge in [-0.05, 0) is 25.0 Å². The van der Waals surface area contributed by atoms with Crippen molar-refractivity contribution in [1.29, 1.82) is 0 Å².